The van der Waals surface area contributed by atoms with Crippen LogP contribution in [0.4, 0.5) is 13.2 Å². The minimum Gasteiger partial charge on any atom is -0.454 e. The number of alkyl halides is 3. The van der Waals surface area contributed by atoms with Crippen molar-refractivity contribution in [1.82, 2.24) is 4.90 Å². The van der Waals surface area contributed by atoms with E-state index in [0.717, 1.165) is 0 Å². The number of para-hydroxylation sites is 1. The fourth-order valence-corrected chi connectivity index (χ4v) is 2.87. The van der Waals surface area contributed by atoms with Gasteiger partial charge in [0, 0.05) is 19.5 Å². The van der Waals surface area contributed by atoms with E-state index in [1.165, 1.54) is 4.90 Å². The van der Waals surface area contributed by atoms with E-state index in [1.54, 1.807) is 18.2 Å². The van der Waals surface area contributed by atoms with Crippen LogP contribution < -0.4 is 9.47 Å². The lowest BCUT2D eigenvalue weighted by Crippen LogP contribution is -2.46. The van der Waals surface area contributed by atoms with Crippen LogP contribution in [0.3, 0.4) is 0 Å². The maximum Gasteiger partial charge on any atom is 0.417 e. The predicted octanol–water partition coefficient (Wildman–Crippen LogP) is 2.33. The second-order valence-electron chi connectivity index (χ2n) is 5.71. The van der Waals surface area contributed by atoms with E-state index in [2.05, 4.69) is 0 Å². The summed E-state index contributed by atoms with van der Waals surface area (Å²) in [7, 11) is 0. The molecule has 3 rings (SSSR count). The van der Waals surface area contributed by atoms with E-state index in [4.69, 9.17) is 9.47 Å². The molecule has 1 amide bonds. The van der Waals surface area contributed by atoms with Gasteiger partial charge in [-0.1, -0.05) is 6.07 Å². The largest absolute Gasteiger partial charge is 0.454 e. The van der Waals surface area contributed by atoms with Crippen molar-refractivity contribution in [3.8, 4) is 11.5 Å². The van der Waals surface area contributed by atoms with Gasteiger partial charge in [-0.3, -0.25) is 4.79 Å². The minimum atomic E-state index is -4.70. The van der Waals surface area contributed by atoms with E-state index in [9.17, 15) is 23.1 Å². The number of nitrogens with zero attached hydrogens (tertiary/aromatic N) is 1. The number of rotatable bonds is 1. The van der Waals surface area contributed by atoms with E-state index in [0.29, 0.717) is 11.5 Å². The number of halogens is 3. The monoisotopic (exact) mass is 331 g/mol. The molecular formula is C15H16F3NO4. The van der Waals surface area contributed by atoms with Crippen molar-refractivity contribution < 1.29 is 32.5 Å². The Labute approximate surface area is 130 Å². The summed E-state index contributed by atoms with van der Waals surface area (Å²) < 4.78 is 49.3. The Morgan fingerprint density at radius 1 is 1.22 bits per heavy atom. The molecule has 1 fully saturated rings. The average Bonchev–Trinajstić information content (AvgIpc) is 2.88. The number of fused-ring (bicyclic) bond motifs is 1. The Kier molecular flexibility index (Phi) is 3.87. The van der Waals surface area contributed by atoms with Gasteiger partial charge in [0.25, 0.3) is 5.91 Å². The number of carbonyl (C=O) groups excluding carboxylic acids is 1. The average molecular weight is 331 g/mol. The smallest absolute Gasteiger partial charge is 0.417 e. The van der Waals surface area contributed by atoms with Crippen LogP contribution in [0, 0.1) is 0 Å². The number of hydrogen-bond acceptors (Lipinski definition) is 4. The summed E-state index contributed by atoms with van der Waals surface area (Å²) in [4.78, 5) is 13.9. The van der Waals surface area contributed by atoms with Gasteiger partial charge in [0.15, 0.2) is 17.1 Å². The van der Waals surface area contributed by atoms with Gasteiger partial charge in [0.2, 0.25) is 6.79 Å². The number of amides is 1. The Morgan fingerprint density at radius 2 is 2.00 bits per heavy atom. The fourth-order valence-electron chi connectivity index (χ4n) is 2.87. The standard InChI is InChI=1S/C15H16F3NO4/c16-15(17,18)14(21)5-2-7-19(8-6-14)13(20)10-3-1-4-11-12(10)23-9-22-11/h1,3-4,21H,2,5-9H2. The summed E-state index contributed by atoms with van der Waals surface area (Å²) in [6, 6.07) is 4.84. The van der Waals surface area contributed by atoms with Gasteiger partial charge >= 0.3 is 6.18 Å². The molecule has 0 saturated carbocycles. The van der Waals surface area contributed by atoms with Crippen LogP contribution in [-0.4, -0.2) is 47.6 Å². The zero-order valence-electron chi connectivity index (χ0n) is 12.2. The maximum atomic E-state index is 12.9. The van der Waals surface area contributed by atoms with Crippen LogP contribution in [0.2, 0.25) is 0 Å². The third-order valence-electron chi connectivity index (χ3n) is 4.26. The summed E-state index contributed by atoms with van der Waals surface area (Å²) in [5.74, 6) is 0.337. The molecule has 8 heteroatoms. The zero-order valence-corrected chi connectivity index (χ0v) is 12.2. The normalized spacial score (nSPS) is 24.4. The van der Waals surface area contributed by atoms with Crippen molar-refractivity contribution in [2.45, 2.75) is 31.0 Å². The first-order chi connectivity index (χ1) is 10.8. The molecule has 23 heavy (non-hydrogen) atoms. The SMILES string of the molecule is O=C(c1cccc2c1OCO2)N1CCCC(O)(C(F)(F)F)CC1. The highest BCUT2D eigenvalue weighted by Crippen LogP contribution is 2.39. The van der Waals surface area contributed by atoms with Crippen molar-refractivity contribution in [3.63, 3.8) is 0 Å². The fraction of sp³-hybridized carbons (Fsp3) is 0.533. The molecule has 1 aromatic rings. The van der Waals surface area contributed by atoms with Crippen LogP contribution in [-0.2, 0) is 0 Å². The number of aliphatic hydroxyl groups is 1. The molecular weight excluding hydrogens is 315 g/mol. The molecule has 2 heterocycles. The second kappa shape index (κ2) is 5.59. The Bertz CT molecular complexity index is 619. The van der Waals surface area contributed by atoms with Crippen molar-refractivity contribution in [1.29, 1.82) is 0 Å². The lowest BCUT2D eigenvalue weighted by molar-refractivity contribution is -0.263. The van der Waals surface area contributed by atoms with E-state index in [1.807, 2.05) is 0 Å². The van der Waals surface area contributed by atoms with Crippen LogP contribution in [0.15, 0.2) is 18.2 Å². The third kappa shape index (κ3) is 2.83. The highest BCUT2D eigenvalue weighted by Gasteiger charge is 2.53. The molecule has 1 saturated heterocycles. The lowest BCUT2D eigenvalue weighted by Gasteiger charge is -2.29. The first kappa shape index (κ1) is 15.9. The molecule has 1 unspecified atom stereocenters. The molecule has 1 aromatic carbocycles. The molecule has 1 atom stereocenters. The molecule has 1 N–H and O–H groups in total. The molecule has 2 aliphatic heterocycles. The van der Waals surface area contributed by atoms with Gasteiger partial charge < -0.3 is 19.5 Å². The summed E-state index contributed by atoms with van der Waals surface area (Å²) in [5, 5.41) is 9.81. The lowest BCUT2D eigenvalue weighted by atomic mass is 9.94. The first-order valence-corrected chi connectivity index (χ1v) is 7.29. The first-order valence-electron chi connectivity index (χ1n) is 7.29. The second-order valence-corrected chi connectivity index (χ2v) is 5.71. The number of ether oxygens (including phenoxy) is 2. The zero-order chi connectivity index (χ0) is 16.7. The van der Waals surface area contributed by atoms with Gasteiger partial charge in [-0.2, -0.15) is 13.2 Å². The number of likely N-dealkylation sites (tertiary alicyclic amines) is 1. The molecule has 0 radical (unpaired) electrons. The molecule has 0 aromatic heterocycles. The quantitative estimate of drug-likeness (QED) is 0.858. The number of carbonyl (C=O) groups is 1. The minimum absolute atomic E-state index is 0.00739. The van der Waals surface area contributed by atoms with Crippen LogP contribution in [0.25, 0.3) is 0 Å². The predicted molar refractivity (Wildman–Crippen MR) is 73.3 cm³/mol. The highest BCUT2D eigenvalue weighted by molar-refractivity contribution is 5.98. The third-order valence-corrected chi connectivity index (χ3v) is 4.26. The van der Waals surface area contributed by atoms with Gasteiger partial charge in [-0.05, 0) is 25.0 Å². The van der Waals surface area contributed by atoms with Crippen LogP contribution >= 0.6 is 0 Å². The van der Waals surface area contributed by atoms with Gasteiger partial charge in [0.1, 0.15) is 0 Å². The van der Waals surface area contributed by atoms with Gasteiger partial charge in [0.05, 0.1) is 5.56 Å². The molecule has 2 aliphatic rings. The van der Waals surface area contributed by atoms with Crippen molar-refractivity contribution in [2.75, 3.05) is 19.9 Å². The van der Waals surface area contributed by atoms with Gasteiger partial charge in [-0.25, -0.2) is 0 Å². The number of benzene rings is 1. The summed E-state index contributed by atoms with van der Waals surface area (Å²) in [6.45, 7) is -0.00539. The van der Waals surface area contributed by atoms with Crippen molar-refractivity contribution in [3.05, 3.63) is 23.8 Å². The Hall–Kier alpha value is -1.96. The van der Waals surface area contributed by atoms with Crippen LogP contribution in [0.5, 0.6) is 11.5 Å². The van der Waals surface area contributed by atoms with E-state index in [-0.39, 0.29) is 31.9 Å². The van der Waals surface area contributed by atoms with Crippen molar-refractivity contribution in [2.24, 2.45) is 0 Å². The topological polar surface area (TPSA) is 59.0 Å². The molecule has 0 aliphatic carbocycles. The van der Waals surface area contributed by atoms with E-state index >= 15 is 0 Å². The Balaban J connectivity index is 1.78. The van der Waals surface area contributed by atoms with E-state index < -0.39 is 30.5 Å². The summed E-state index contributed by atoms with van der Waals surface area (Å²) >= 11 is 0. The molecule has 0 spiro atoms. The van der Waals surface area contributed by atoms with Crippen LogP contribution in [0.1, 0.15) is 29.6 Å². The number of hydrogen-bond donors (Lipinski definition) is 1. The summed E-state index contributed by atoms with van der Waals surface area (Å²) in [6.07, 6.45) is -5.56. The summed E-state index contributed by atoms with van der Waals surface area (Å²) in [5.41, 5.74) is -2.47. The molecule has 5 nitrogen and oxygen atoms in total. The molecule has 0 bridgehead atoms. The highest BCUT2D eigenvalue weighted by atomic mass is 19.4. The Morgan fingerprint density at radius 3 is 2.74 bits per heavy atom. The van der Waals surface area contributed by atoms with Gasteiger partial charge in [-0.15, -0.1) is 0 Å². The molecule has 126 valence electrons. The maximum absolute atomic E-state index is 12.9. The van der Waals surface area contributed by atoms with Crippen molar-refractivity contribution >= 4 is 5.91 Å².